The summed E-state index contributed by atoms with van der Waals surface area (Å²) >= 11 is 0. The quantitative estimate of drug-likeness (QED) is 0.685. The minimum absolute atomic E-state index is 0.00806. The largest absolute Gasteiger partial charge is 0.378 e. The zero-order valence-electron chi connectivity index (χ0n) is 9.70. The smallest absolute Gasteiger partial charge is 0.250 e. The average molecular weight is 228 g/mol. The molecule has 92 valence electrons. The minimum Gasteiger partial charge on any atom is -0.378 e. The fourth-order valence-corrected chi connectivity index (χ4v) is 2.12. The van der Waals surface area contributed by atoms with Crippen LogP contribution in [0.3, 0.4) is 0 Å². The van der Waals surface area contributed by atoms with Crippen LogP contribution in [0.2, 0.25) is 0 Å². The maximum absolute atomic E-state index is 11.7. The first kappa shape index (κ1) is 11.8. The molecule has 0 saturated carbocycles. The Kier molecular flexibility index (Phi) is 4.15. The summed E-state index contributed by atoms with van der Waals surface area (Å²) in [4.78, 5) is 11.7. The van der Waals surface area contributed by atoms with Gasteiger partial charge < -0.3 is 20.1 Å². The predicted molar refractivity (Wildman–Crippen MR) is 59.1 cm³/mol. The molecule has 2 rings (SSSR count). The number of hydrogen-bond donors (Lipinski definition) is 2. The van der Waals surface area contributed by atoms with Gasteiger partial charge in [-0.2, -0.15) is 0 Å². The van der Waals surface area contributed by atoms with E-state index in [2.05, 4.69) is 17.6 Å². The molecule has 0 bridgehead atoms. The Bertz CT molecular complexity index is 241. The molecular weight excluding hydrogens is 208 g/mol. The van der Waals surface area contributed by atoms with E-state index >= 15 is 0 Å². The molecule has 3 unspecified atom stereocenters. The van der Waals surface area contributed by atoms with Gasteiger partial charge in [-0.1, -0.05) is 0 Å². The van der Waals surface area contributed by atoms with Gasteiger partial charge in [0.2, 0.25) is 5.91 Å². The number of hydrogen-bond acceptors (Lipinski definition) is 4. The molecular formula is C11H20N2O3. The molecule has 3 atom stereocenters. The summed E-state index contributed by atoms with van der Waals surface area (Å²) in [6, 6.07) is 0. The van der Waals surface area contributed by atoms with Gasteiger partial charge in [0.15, 0.2) is 0 Å². The van der Waals surface area contributed by atoms with E-state index in [9.17, 15) is 4.79 Å². The molecule has 0 aromatic carbocycles. The molecule has 0 spiro atoms. The summed E-state index contributed by atoms with van der Waals surface area (Å²) in [5.41, 5.74) is 0. The average Bonchev–Trinajstić information content (AvgIpc) is 2.73. The van der Waals surface area contributed by atoms with Gasteiger partial charge in [-0.25, -0.2) is 0 Å². The summed E-state index contributed by atoms with van der Waals surface area (Å²) in [5.74, 6) is 0.437. The van der Waals surface area contributed by atoms with Gasteiger partial charge in [-0.15, -0.1) is 0 Å². The number of nitrogens with one attached hydrogen (secondary N) is 2. The Balaban J connectivity index is 1.70. The zero-order chi connectivity index (χ0) is 11.4. The van der Waals surface area contributed by atoms with E-state index in [0.29, 0.717) is 25.6 Å². The minimum atomic E-state index is -0.327. The molecule has 0 radical (unpaired) electrons. The lowest BCUT2D eigenvalue weighted by molar-refractivity contribution is -0.134. The number of rotatable bonds is 3. The second-order valence-electron chi connectivity index (χ2n) is 4.43. The van der Waals surface area contributed by atoms with Crippen LogP contribution in [-0.4, -0.2) is 51.0 Å². The third kappa shape index (κ3) is 2.93. The van der Waals surface area contributed by atoms with Crippen LogP contribution in [0.1, 0.15) is 13.3 Å². The third-order valence-electron chi connectivity index (χ3n) is 3.29. The Morgan fingerprint density at radius 3 is 2.94 bits per heavy atom. The fraction of sp³-hybridized carbons (Fsp3) is 0.909. The highest BCUT2D eigenvalue weighted by Crippen LogP contribution is 2.19. The van der Waals surface area contributed by atoms with Gasteiger partial charge in [0.1, 0.15) is 6.10 Å². The lowest BCUT2D eigenvalue weighted by atomic mass is 10.0. The lowest BCUT2D eigenvalue weighted by Crippen LogP contribution is -2.48. The Labute approximate surface area is 95.9 Å². The predicted octanol–water partition coefficient (Wildman–Crippen LogP) is -0.484. The number of carbonyl (C=O) groups is 1. The normalized spacial score (nSPS) is 34.9. The van der Waals surface area contributed by atoms with Gasteiger partial charge >= 0.3 is 0 Å². The Morgan fingerprint density at radius 2 is 2.31 bits per heavy atom. The van der Waals surface area contributed by atoms with Crippen molar-refractivity contribution in [2.75, 3.05) is 32.8 Å². The maximum atomic E-state index is 11.7. The molecule has 0 aromatic rings. The van der Waals surface area contributed by atoms with Crippen LogP contribution in [-0.2, 0) is 14.3 Å². The summed E-state index contributed by atoms with van der Waals surface area (Å²) in [6.45, 7) is 5.62. The molecule has 5 nitrogen and oxygen atoms in total. The van der Waals surface area contributed by atoms with Gasteiger partial charge in [0.05, 0.1) is 12.7 Å². The molecule has 2 N–H and O–H groups in total. The van der Waals surface area contributed by atoms with Crippen molar-refractivity contribution in [2.45, 2.75) is 25.6 Å². The second-order valence-corrected chi connectivity index (χ2v) is 4.43. The van der Waals surface area contributed by atoms with E-state index in [4.69, 9.17) is 9.47 Å². The van der Waals surface area contributed by atoms with Crippen molar-refractivity contribution in [3.8, 4) is 0 Å². The van der Waals surface area contributed by atoms with E-state index in [1.54, 1.807) is 0 Å². The highest BCUT2D eigenvalue weighted by Gasteiger charge is 2.26. The molecule has 2 aliphatic rings. The topological polar surface area (TPSA) is 59.6 Å². The Morgan fingerprint density at radius 1 is 1.44 bits per heavy atom. The van der Waals surface area contributed by atoms with Crippen LogP contribution in [0.25, 0.3) is 0 Å². The van der Waals surface area contributed by atoms with Gasteiger partial charge in [0, 0.05) is 32.2 Å². The van der Waals surface area contributed by atoms with Gasteiger partial charge in [-0.3, -0.25) is 4.79 Å². The SMILES string of the molecule is CC1OCCC1CNC(=O)C1CNCCO1. The van der Waals surface area contributed by atoms with Crippen LogP contribution in [0.4, 0.5) is 0 Å². The van der Waals surface area contributed by atoms with Crippen molar-refractivity contribution in [1.82, 2.24) is 10.6 Å². The molecule has 16 heavy (non-hydrogen) atoms. The van der Waals surface area contributed by atoms with E-state index in [1.807, 2.05) is 0 Å². The molecule has 0 aliphatic carbocycles. The highest BCUT2D eigenvalue weighted by atomic mass is 16.5. The van der Waals surface area contributed by atoms with E-state index in [-0.39, 0.29) is 18.1 Å². The molecule has 2 aliphatic heterocycles. The summed E-state index contributed by atoms with van der Waals surface area (Å²) < 4.78 is 10.8. The van der Waals surface area contributed by atoms with Crippen molar-refractivity contribution in [3.63, 3.8) is 0 Å². The Hall–Kier alpha value is -0.650. The van der Waals surface area contributed by atoms with Crippen molar-refractivity contribution in [1.29, 1.82) is 0 Å². The van der Waals surface area contributed by atoms with Crippen LogP contribution in [0, 0.1) is 5.92 Å². The first-order valence-electron chi connectivity index (χ1n) is 5.99. The third-order valence-corrected chi connectivity index (χ3v) is 3.29. The zero-order valence-corrected chi connectivity index (χ0v) is 9.70. The molecule has 2 heterocycles. The molecule has 2 fully saturated rings. The van der Waals surface area contributed by atoms with Crippen molar-refractivity contribution in [2.24, 2.45) is 5.92 Å². The van der Waals surface area contributed by atoms with E-state index in [0.717, 1.165) is 19.6 Å². The summed E-state index contributed by atoms with van der Waals surface area (Å²) in [6.07, 6.45) is 0.961. The van der Waals surface area contributed by atoms with E-state index < -0.39 is 0 Å². The van der Waals surface area contributed by atoms with E-state index in [1.165, 1.54) is 0 Å². The summed E-state index contributed by atoms with van der Waals surface area (Å²) in [7, 11) is 0. The van der Waals surface area contributed by atoms with Crippen LogP contribution in [0.15, 0.2) is 0 Å². The second kappa shape index (κ2) is 5.61. The molecule has 1 amide bonds. The van der Waals surface area contributed by atoms with Crippen molar-refractivity contribution in [3.05, 3.63) is 0 Å². The fourth-order valence-electron chi connectivity index (χ4n) is 2.12. The first-order chi connectivity index (χ1) is 7.77. The molecule has 0 aromatic heterocycles. The summed E-state index contributed by atoms with van der Waals surface area (Å²) in [5, 5.41) is 6.08. The number of morpholine rings is 1. The number of ether oxygens (including phenoxy) is 2. The number of carbonyl (C=O) groups excluding carboxylic acids is 1. The standard InChI is InChI=1S/C11H20N2O3/c1-8-9(2-4-15-8)6-13-11(14)10-7-12-3-5-16-10/h8-10,12H,2-7H2,1H3,(H,13,14). The number of amides is 1. The highest BCUT2D eigenvalue weighted by molar-refractivity contribution is 5.81. The molecule has 5 heteroatoms. The van der Waals surface area contributed by atoms with Crippen molar-refractivity contribution < 1.29 is 14.3 Å². The van der Waals surface area contributed by atoms with Gasteiger partial charge in [0.25, 0.3) is 0 Å². The van der Waals surface area contributed by atoms with Crippen LogP contribution in [0.5, 0.6) is 0 Å². The van der Waals surface area contributed by atoms with Gasteiger partial charge in [-0.05, 0) is 13.3 Å². The maximum Gasteiger partial charge on any atom is 0.250 e. The molecule has 2 saturated heterocycles. The first-order valence-corrected chi connectivity index (χ1v) is 5.99. The van der Waals surface area contributed by atoms with Crippen LogP contribution >= 0.6 is 0 Å². The monoisotopic (exact) mass is 228 g/mol. The lowest BCUT2D eigenvalue weighted by Gasteiger charge is -2.23. The van der Waals surface area contributed by atoms with Crippen molar-refractivity contribution >= 4 is 5.91 Å². The van der Waals surface area contributed by atoms with Crippen LogP contribution < -0.4 is 10.6 Å².